The molecule has 1 aliphatic carbocycles. The number of nitrogen functional groups attached to an aromatic ring is 1. The van der Waals surface area contributed by atoms with Gasteiger partial charge in [-0.1, -0.05) is 0 Å². The molecule has 17 heavy (non-hydrogen) atoms. The minimum absolute atomic E-state index is 0.0595. The van der Waals surface area contributed by atoms with Gasteiger partial charge in [-0.3, -0.25) is 4.68 Å². The molecule has 0 saturated heterocycles. The lowest BCUT2D eigenvalue weighted by Crippen LogP contribution is -2.13. The molecule has 0 atom stereocenters. The zero-order chi connectivity index (χ0) is 11.8. The van der Waals surface area contributed by atoms with Crippen LogP contribution in [0.5, 0.6) is 0 Å². The van der Waals surface area contributed by atoms with Gasteiger partial charge in [0.1, 0.15) is 0 Å². The maximum absolute atomic E-state index is 9.02. The Kier molecular flexibility index (Phi) is 2.29. The zero-order valence-corrected chi connectivity index (χ0v) is 9.30. The zero-order valence-electron chi connectivity index (χ0n) is 9.30. The predicted molar refractivity (Wildman–Crippen MR) is 62.2 cm³/mol. The number of aliphatic hydroxyl groups is 1. The van der Waals surface area contributed by atoms with Crippen LogP contribution in [0.15, 0.2) is 12.4 Å². The van der Waals surface area contributed by atoms with Crippen LogP contribution in [0, 0.1) is 0 Å². The first kappa shape index (κ1) is 10.2. The van der Waals surface area contributed by atoms with Crippen molar-refractivity contribution in [3.8, 4) is 11.4 Å². The van der Waals surface area contributed by atoms with E-state index < -0.39 is 0 Å². The molecule has 0 fully saturated rings. The van der Waals surface area contributed by atoms with Crippen LogP contribution in [0.1, 0.15) is 11.1 Å². The summed E-state index contributed by atoms with van der Waals surface area (Å²) in [5.41, 5.74) is 9.69. The Morgan fingerprint density at radius 3 is 2.94 bits per heavy atom. The van der Waals surface area contributed by atoms with Gasteiger partial charge < -0.3 is 10.8 Å². The van der Waals surface area contributed by atoms with E-state index in [4.69, 9.17) is 10.8 Å². The van der Waals surface area contributed by atoms with Gasteiger partial charge in [-0.05, 0) is 18.4 Å². The summed E-state index contributed by atoms with van der Waals surface area (Å²) in [5, 5.41) is 13.3. The Labute approximate surface area is 98.1 Å². The van der Waals surface area contributed by atoms with Gasteiger partial charge in [-0.2, -0.15) is 5.10 Å². The summed E-state index contributed by atoms with van der Waals surface area (Å²) < 4.78 is 1.78. The highest BCUT2D eigenvalue weighted by atomic mass is 16.3. The predicted octanol–water partition coefficient (Wildman–Crippen LogP) is 0.0132. The molecule has 0 aromatic carbocycles. The number of hydrogen-bond acceptors (Lipinski definition) is 5. The summed E-state index contributed by atoms with van der Waals surface area (Å²) in [6.45, 7) is 0.530. The quantitative estimate of drug-likeness (QED) is 0.760. The molecular formula is C11H13N5O. The lowest BCUT2D eigenvalue weighted by molar-refractivity contribution is 0.270. The van der Waals surface area contributed by atoms with Crippen LogP contribution < -0.4 is 5.73 Å². The fraction of sp³-hybridized carbons (Fsp3) is 0.364. The van der Waals surface area contributed by atoms with E-state index >= 15 is 0 Å². The van der Waals surface area contributed by atoms with E-state index in [-0.39, 0.29) is 12.6 Å². The van der Waals surface area contributed by atoms with Crippen molar-refractivity contribution in [2.45, 2.75) is 19.4 Å². The summed E-state index contributed by atoms with van der Waals surface area (Å²) in [5.74, 6) is 0.272. The maximum Gasteiger partial charge on any atom is 0.220 e. The number of anilines is 1. The Morgan fingerprint density at radius 2 is 2.12 bits per heavy atom. The topological polar surface area (TPSA) is 89.9 Å². The number of aromatic nitrogens is 4. The molecule has 0 amide bonds. The summed E-state index contributed by atoms with van der Waals surface area (Å²) in [6, 6.07) is 0. The molecule has 1 aliphatic rings. The van der Waals surface area contributed by atoms with E-state index in [1.807, 2.05) is 6.20 Å². The molecule has 88 valence electrons. The molecule has 2 aromatic rings. The number of fused-ring (bicyclic) bond motifs is 3. The van der Waals surface area contributed by atoms with Crippen LogP contribution in [-0.2, 0) is 19.4 Å². The lowest BCUT2D eigenvalue weighted by Gasteiger charge is -2.16. The van der Waals surface area contributed by atoms with Crippen molar-refractivity contribution in [3.63, 3.8) is 0 Å². The molecule has 6 nitrogen and oxygen atoms in total. The second-order valence-electron chi connectivity index (χ2n) is 4.07. The molecule has 0 aliphatic heterocycles. The van der Waals surface area contributed by atoms with Crippen LogP contribution in [0.3, 0.4) is 0 Å². The minimum Gasteiger partial charge on any atom is -0.394 e. The molecule has 2 aromatic heterocycles. The third-order valence-corrected chi connectivity index (χ3v) is 3.00. The molecule has 3 rings (SSSR count). The Balaban J connectivity index is 2.19. The first-order valence-corrected chi connectivity index (χ1v) is 5.57. The average molecular weight is 231 g/mol. The normalized spacial score (nSPS) is 13.2. The minimum atomic E-state index is 0.0595. The Bertz CT molecular complexity index is 563. The van der Waals surface area contributed by atoms with Gasteiger partial charge in [-0.15, -0.1) is 0 Å². The van der Waals surface area contributed by atoms with E-state index in [0.717, 1.165) is 35.4 Å². The molecule has 0 spiro atoms. The molecular weight excluding hydrogens is 218 g/mol. The van der Waals surface area contributed by atoms with Crippen molar-refractivity contribution in [1.29, 1.82) is 0 Å². The van der Waals surface area contributed by atoms with Gasteiger partial charge in [0, 0.05) is 11.8 Å². The van der Waals surface area contributed by atoms with Gasteiger partial charge in [0.2, 0.25) is 5.95 Å². The SMILES string of the molecule is Nc1ncc2c(n1)-c1c(cnn1CCO)CC2. The van der Waals surface area contributed by atoms with Crippen molar-refractivity contribution < 1.29 is 5.11 Å². The van der Waals surface area contributed by atoms with Crippen molar-refractivity contribution in [2.75, 3.05) is 12.3 Å². The van der Waals surface area contributed by atoms with E-state index in [9.17, 15) is 0 Å². The summed E-state index contributed by atoms with van der Waals surface area (Å²) in [7, 11) is 0. The van der Waals surface area contributed by atoms with Gasteiger partial charge in [0.05, 0.1) is 30.7 Å². The summed E-state index contributed by atoms with van der Waals surface area (Å²) in [6.07, 6.45) is 5.46. The highest BCUT2D eigenvalue weighted by molar-refractivity contribution is 5.66. The van der Waals surface area contributed by atoms with Crippen LogP contribution in [-0.4, -0.2) is 31.5 Å². The van der Waals surface area contributed by atoms with Gasteiger partial charge in [0.15, 0.2) is 0 Å². The third-order valence-electron chi connectivity index (χ3n) is 3.00. The summed E-state index contributed by atoms with van der Waals surface area (Å²) >= 11 is 0. The van der Waals surface area contributed by atoms with Crippen LogP contribution in [0.4, 0.5) is 5.95 Å². The van der Waals surface area contributed by atoms with Crippen molar-refractivity contribution in [3.05, 3.63) is 23.5 Å². The first-order valence-electron chi connectivity index (χ1n) is 5.57. The molecule has 3 N–H and O–H groups in total. The molecule has 0 bridgehead atoms. The van der Waals surface area contributed by atoms with E-state index in [1.54, 1.807) is 10.9 Å². The molecule has 0 radical (unpaired) electrons. The van der Waals surface area contributed by atoms with Crippen molar-refractivity contribution in [1.82, 2.24) is 19.7 Å². The fourth-order valence-electron chi connectivity index (χ4n) is 2.22. The maximum atomic E-state index is 9.02. The molecule has 6 heteroatoms. The number of hydrogen-bond donors (Lipinski definition) is 2. The molecule has 0 saturated carbocycles. The smallest absolute Gasteiger partial charge is 0.220 e. The Hall–Kier alpha value is -1.95. The highest BCUT2D eigenvalue weighted by Crippen LogP contribution is 2.31. The lowest BCUT2D eigenvalue weighted by atomic mass is 9.95. The van der Waals surface area contributed by atoms with E-state index in [1.165, 1.54) is 0 Å². The number of nitrogens with zero attached hydrogens (tertiary/aromatic N) is 4. The summed E-state index contributed by atoms with van der Waals surface area (Å²) in [4.78, 5) is 8.31. The standard InChI is InChI=1S/C11H13N5O/c12-11-13-5-7-1-2-8-6-14-16(3-4-17)10(8)9(7)15-11/h5-6,17H,1-4H2,(H2,12,13,15). The average Bonchev–Trinajstić information content (AvgIpc) is 2.73. The largest absolute Gasteiger partial charge is 0.394 e. The van der Waals surface area contributed by atoms with E-state index in [0.29, 0.717) is 6.54 Å². The van der Waals surface area contributed by atoms with Crippen molar-refractivity contribution >= 4 is 5.95 Å². The van der Waals surface area contributed by atoms with Crippen LogP contribution in [0.2, 0.25) is 0 Å². The van der Waals surface area contributed by atoms with E-state index in [2.05, 4.69) is 15.1 Å². The number of nitrogens with two attached hydrogens (primary N) is 1. The molecule has 0 unspecified atom stereocenters. The van der Waals surface area contributed by atoms with Crippen molar-refractivity contribution in [2.24, 2.45) is 0 Å². The third kappa shape index (κ3) is 1.57. The fourth-order valence-corrected chi connectivity index (χ4v) is 2.22. The van der Waals surface area contributed by atoms with Gasteiger partial charge in [-0.25, -0.2) is 9.97 Å². The molecule has 2 heterocycles. The van der Waals surface area contributed by atoms with Crippen LogP contribution >= 0.6 is 0 Å². The number of aliphatic hydroxyl groups excluding tert-OH is 1. The van der Waals surface area contributed by atoms with Gasteiger partial charge in [0.25, 0.3) is 0 Å². The van der Waals surface area contributed by atoms with Gasteiger partial charge >= 0.3 is 0 Å². The highest BCUT2D eigenvalue weighted by Gasteiger charge is 2.22. The first-order chi connectivity index (χ1) is 8.29. The Morgan fingerprint density at radius 1 is 1.29 bits per heavy atom. The van der Waals surface area contributed by atoms with Crippen LogP contribution in [0.25, 0.3) is 11.4 Å². The monoisotopic (exact) mass is 231 g/mol. The second-order valence-corrected chi connectivity index (χ2v) is 4.07. The second kappa shape index (κ2) is 3.81. The number of aryl methyl sites for hydroxylation is 2. The number of rotatable bonds is 2.